The zero-order chi connectivity index (χ0) is 33.3. The van der Waals surface area contributed by atoms with Crippen LogP contribution in [0.15, 0.2) is 176 Å². The Morgan fingerprint density at radius 1 is 0.240 bits per heavy atom. The van der Waals surface area contributed by atoms with Gasteiger partial charge in [0.1, 0.15) is 0 Å². The van der Waals surface area contributed by atoms with Crippen molar-refractivity contribution in [1.29, 1.82) is 0 Å². The molecule has 5 nitrogen and oxygen atoms in total. The van der Waals surface area contributed by atoms with Gasteiger partial charge in [-0.25, -0.2) is 24.9 Å². The minimum Gasteiger partial charge on any atom is -0.245 e. The van der Waals surface area contributed by atoms with Crippen LogP contribution in [0.2, 0.25) is 0 Å². The summed E-state index contributed by atoms with van der Waals surface area (Å²) in [5.41, 5.74) is 10.8. The summed E-state index contributed by atoms with van der Waals surface area (Å²) in [6.45, 7) is 0. The number of hydrogen-bond donors (Lipinski definition) is 0. The molecule has 0 aliphatic carbocycles. The normalized spacial score (nSPS) is 11.2. The fraction of sp³-hybridized carbons (Fsp3) is 0. The van der Waals surface area contributed by atoms with Gasteiger partial charge in [0.2, 0.25) is 0 Å². The molecular formula is C45H29N5. The summed E-state index contributed by atoms with van der Waals surface area (Å²) < 4.78 is 0. The monoisotopic (exact) mass is 639 g/mol. The van der Waals surface area contributed by atoms with Crippen LogP contribution in [-0.2, 0) is 0 Å². The molecule has 0 aliphatic rings. The fourth-order valence-corrected chi connectivity index (χ4v) is 6.31. The van der Waals surface area contributed by atoms with Crippen LogP contribution >= 0.6 is 0 Å². The van der Waals surface area contributed by atoms with Crippen molar-refractivity contribution in [2.24, 2.45) is 0 Å². The molecular weight excluding hydrogens is 611 g/mol. The summed E-state index contributed by atoms with van der Waals surface area (Å²) in [7, 11) is 0. The van der Waals surface area contributed by atoms with E-state index in [9.17, 15) is 0 Å². The van der Waals surface area contributed by atoms with Crippen molar-refractivity contribution in [1.82, 2.24) is 24.9 Å². The lowest BCUT2D eigenvalue weighted by Gasteiger charge is -2.10. The molecule has 234 valence electrons. The van der Waals surface area contributed by atoms with Crippen LogP contribution in [0.3, 0.4) is 0 Å². The molecule has 3 aromatic heterocycles. The molecule has 0 aliphatic heterocycles. The topological polar surface area (TPSA) is 64.5 Å². The van der Waals surface area contributed by atoms with Gasteiger partial charge in [0.15, 0.2) is 17.5 Å². The Kier molecular flexibility index (Phi) is 7.41. The average Bonchev–Trinajstić information content (AvgIpc) is 3.21. The van der Waals surface area contributed by atoms with Gasteiger partial charge in [-0.2, -0.15) is 0 Å². The third kappa shape index (κ3) is 5.67. The Labute approximate surface area is 289 Å². The summed E-state index contributed by atoms with van der Waals surface area (Å²) in [4.78, 5) is 24.9. The van der Waals surface area contributed by atoms with Gasteiger partial charge < -0.3 is 0 Å². The summed E-state index contributed by atoms with van der Waals surface area (Å²) in [5, 5.41) is 2.13. The van der Waals surface area contributed by atoms with Crippen LogP contribution < -0.4 is 0 Å². The first-order chi connectivity index (χ1) is 24.7. The third-order valence-corrected chi connectivity index (χ3v) is 8.92. The van der Waals surface area contributed by atoms with Crippen LogP contribution in [0.4, 0.5) is 0 Å². The van der Waals surface area contributed by atoms with E-state index < -0.39 is 0 Å². The molecule has 9 rings (SSSR count). The van der Waals surface area contributed by atoms with Crippen LogP contribution in [-0.4, -0.2) is 24.9 Å². The molecule has 0 spiro atoms. The number of fused-ring (bicyclic) bond motifs is 3. The van der Waals surface area contributed by atoms with Gasteiger partial charge in [-0.15, -0.1) is 0 Å². The molecule has 0 atom stereocenters. The molecule has 0 saturated carbocycles. The maximum atomic E-state index is 5.18. The number of rotatable bonds is 6. The van der Waals surface area contributed by atoms with E-state index in [1.807, 2.05) is 78.9 Å². The van der Waals surface area contributed by atoms with Gasteiger partial charge >= 0.3 is 0 Å². The van der Waals surface area contributed by atoms with Crippen LogP contribution in [0, 0.1) is 0 Å². The van der Waals surface area contributed by atoms with Crippen molar-refractivity contribution < 1.29 is 0 Å². The van der Waals surface area contributed by atoms with E-state index in [-0.39, 0.29) is 0 Å². The highest BCUT2D eigenvalue weighted by Crippen LogP contribution is 2.32. The van der Waals surface area contributed by atoms with E-state index in [1.54, 1.807) is 0 Å². The summed E-state index contributed by atoms with van der Waals surface area (Å²) >= 11 is 0. The maximum absolute atomic E-state index is 5.18. The Hall–Kier alpha value is -6.85. The second-order valence-electron chi connectivity index (χ2n) is 12.2. The SMILES string of the molecule is c1ccc(-c2ccc3ccc4ccc(-c5cccc(-c6ccc(-c7nc(-c8ccccc8)nc(-c8ccccc8)n7)cc6)c5)nc4c3n2)cc1. The first-order valence-corrected chi connectivity index (χ1v) is 16.6. The molecule has 0 saturated heterocycles. The van der Waals surface area contributed by atoms with Gasteiger partial charge in [0, 0.05) is 38.6 Å². The fourth-order valence-electron chi connectivity index (χ4n) is 6.31. The lowest BCUT2D eigenvalue weighted by Crippen LogP contribution is -2.00. The molecule has 6 aromatic carbocycles. The Bertz CT molecular complexity index is 2560. The number of nitrogens with zero attached hydrogens (tertiary/aromatic N) is 5. The van der Waals surface area contributed by atoms with Crippen molar-refractivity contribution in [2.45, 2.75) is 0 Å². The maximum Gasteiger partial charge on any atom is 0.164 e. The van der Waals surface area contributed by atoms with Crippen molar-refractivity contribution in [2.75, 3.05) is 0 Å². The van der Waals surface area contributed by atoms with Gasteiger partial charge in [-0.1, -0.05) is 158 Å². The molecule has 0 amide bonds. The third-order valence-electron chi connectivity index (χ3n) is 8.92. The number of aromatic nitrogens is 5. The first kappa shape index (κ1) is 29.3. The molecule has 0 fully saturated rings. The van der Waals surface area contributed by atoms with Gasteiger partial charge in [-0.3, -0.25) is 0 Å². The molecule has 9 aromatic rings. The lowest BCUT2D eigenvalue weighted by molar-refractivity contribution is 1.07. The highest BCUT2D eigenvalue weighted by Gasteiger charge is 2.13. The van der Waals surface area contributed by atoms with Crippen LogP contribution in [0.25, 0.3) is 89.6 Å². The summed E-state index contributed by atoms with van der Waals surface area (Å²) in [6, 6.07) is 60.0. The van der Waals surface area contributed by atoms with Crippen molar-refractivity contribution in [3.8, 4) is 67.8 Å². The van der Waals surface area contributed by atoms with E-state index in [1.165, 1.54) is 0 Å². The van der Waals surface area contributed by atoms with Gasteiger partial charge in [0.05, 0.1) is 22.4 Å². The predicted molar refractivity (Wildman–Crippen MR) is 203 cm³/mol. The van der Waals surface area contributed by atoms with Crippen molar-refractivity contribution in [3.05, 3.63) is 176 Å². The molecule has 3 heterocycles. The minimum absolute atomic E-state index is 0.634. The second kappa shape index (κ2) is 12.6. The molecule has 0 radical (unpaired) electrons. The van der Waals surface area contributed by atoms with Gasteiger partial charge in [0.25, 0.3) is 0 Å². The van der Waals surface area contributed by atoms with E-state index >= 15 is 0 Å². The quantitative estimate of drug-likeness (QED) is 0.169. The predicted octanol–water partition coefficient (Wildman–Crippen LogP) is 11.0. The highest BCUT2D eigenvalue weighted by molar-refractivity contribution is 6.04. The lowest BCUT2D eigenvalue weighted by atomic mass is 9.99. The molecule has 50 heavy (non-hydrogen) atoms. The van der Waals surface area contributed by atoms with Crippen LogP contribution in [0.5, 0.6) is 0 Å². The van der Waals surface area contributed by atoms with Gasteiger partial charge in [-0.05, 0) is 29.3 Å². The Morgan fingerprint density at radius 2 is 0.620 bits per heavy atom. The number of pyridine rings is 2. The second-order valence-corrected chi connectivity index (χ2v) is 12.2. The summed E-state index contributed by atoms with van der Waals surface area (Å²) in [5.74, 6) is 1.93. The van der Waals surface area contributed by atoms with E-state index in [0.29, 0.717) is 17.5 Å². The molecule has 0 N–H and O–H groups in total. The van der Waals surface area contributed by atoms with Crippen molar-refractivity contribution in [3.63, 3.8) is 0 Å². The van der Waals surface area contributed by atoms with E-state index in [2.05, 4.69) is 97.1 Å². The first-order valence-electron chi connectivity index (χ1n) is 16.6. The molecule has 0 bridgehead atoms. The summed E-state index contributed by atoms with van der Waals surface area (Å²) in [6.07, 6.45) is 0. The number of hydrogen-bond acceptors (Lipinski definition) is 5. The van der Waals surface area contributed by atoms with E-state index in [4.69, 9.17) is 24.9 Å². The highest BCUT2D eigenvalue weighted by atomic mass is 15.0. The Balaban J connectivity index is 1.06. The van der Waals surface area contributed by atoms with E-state index in [0.717, 1.165) is 72.1 Å². The molecule has 5 heteroatoms. The largest absolute Gasteiger partial charge is 0.245 e. The standard InChI is InChI=1S/C45H29N5/c1-4-11-31(12-5-1)39-27-25-32-21-22-33-26-28-40(47-42(33)41(32)46-39)38-18-10-17-37(29-38)30-19-23-36(24-20-30)45-49-43(34-13-6-2-7-14-34)48-44(50-45)35-15-8-3-9-16-35/h1-29H. The van der Waals surface area contributed by atoms with Crippen LogP contribution in [0.1, 0.15) is 0 Å². The van der Waals surface area contributed by atoms with Crippen molar-refractivity contribution >= 4 is 21.8 Å². The smallest absolute Gasteiger partial charge is 0.164 e. The zero-order valence-electron chi connectivity index (χ0n) is 27.0. The molecule has 0 unspecified atom stereocenters. The zero-order valence-corrected chi connectivity index (χ0v) is 27.0. The number of benzene rings is 6. The Morgan fingerprint density at radius 3 is 1.14 bits per heavy atom. The average molecular weight is 640 g/mol. The minimum atomic E-state index is 0.634.